The van der Waals surface area contributed by atoms with Crippen molar-refractivity contribution in [2.45, 2.75) is 32.0 Å². The molecule has 0 bridgehead atoms. The second-order valence-corrected chi connectivity index (χ2v) is 8.65. The summed E-state index contributed by atoms with van der Waals surface area (Å²) in [4.78, 5) is 4.69. The molecule has 1 saturated heterocycles. The number of anilines is 2. The van der Waals surface area contributed by atoms with E-state index >= 15 is 0 Å². The summed E-state index contributed by atoms with van der Waals surface area (Å²) in [5.74, 6) is 1.08. The number of rotatable bonds is 5. The fourth-order valence-electron chi connectivity index (χ4n) is 4.79. The summed E-state index contributed by atoms with van der Waals surface area (Å²) < 4.78 is 5.89. The Bertz CT molecular complexity index is 1000. The van der Waals surface area contributed by atoms with E-state index in [9.17, 15) is 0 Å². The molecule has 2 aliphatic rings. The normalized spacial score (nSPS) is 20.9. The maximum absolute atomic E-state index is 5.89. The summed E-state index contributed by atoms with van der Waals surface area (Å²) >= 11 is 0. The highest BCUT2D eigenvalue weighted by atomic mass is 16.5. The fourth-order valence-corrected chi connectivity index (χ4v) is 4.79. The Labute approximate surface area is 190 Å². The quantitative estimate of drug-likeness (QED) is 0.635. The first kappa shape index (κ1) is 20.6. The van der Waals surface area contributed by atoms with Gasteiger partial charge in [0, 0.05) is 24.5 Å². The van der Waals surface area contributed by atoms with Gasteiger partial charge in [-0.2, -0.15) is 5.10 Å². The van der Waals surface area contributed by atoms with Crippen molar-refractivity contribution in [1.82, 2.24) is 5.43 Å². The van der Waals surface area contributed by atoms with Gasteiger partial charge in [-0.05, 0) is 49.2 Å². The smallest absolute Gasteiger partial charge is 0.142 e. The van der Waals surface area contributed by atoms with Crippen LogP contribution < -0.4 is 15.2 Å². The van der Waals surface area contributed by atoms with Crippen molar-refractivity contribution < 1.29 is 4.74 Å². The van der Waals surface area contributed by atoms with Crippen LogP contribution in [0.15, 0.2) is 90.0 Å². The third-order valence-electron chi connectivity index (χ3n) is 6.17. The largest absolute Gasteiger partial charge is 0.372 e. The van der Waals surface area contributed by atoms with Gasteiger partial charge in [-0.1, -0.05) is 60.7 Å². The van der Waals surface area contributed by atoms with Gasteiger partial charge >= 0.3 is 0 Å². The molecule has 0 spiro atoms. The van der Waals surface area contributed by atoms with Crippen LogP contribution in [-0.4, -0.2) is 37.8 Å². The van der Waals surface area contributed by atoms with E-state index in [0.29, 0.717) is 6.67 Å². The molecule has 2 heterocycles. The summed E-state index contributed by atoms with van der Waals surface area (Å²) in [6.45, 7) is 6.79. The zero-order valence-corrected chi connectivity index (χ0v) is 18.7. The zero-order valence-electron chi connectivity index (χ0n) is 18.7. The molecule has 164 valence electrons. The van der Waals surface area contributed by atoms with Crippen LogP contribution >= 0.6 is 0 Å². The van der Waals surface area contributed by atoms with E-state index in [1.165, 1.54) is 16.8 Å². The van der Waals surface area contributed by atoms with E-state index in [0.717, 1.165) is 24.6 Å². The number of ether oxygens (including phenoxy) is 1. The van der Waals surface area contributed by atoms with Crippen molar-refractivity contribution in [3.05, 3.63) is 96.1 Å². The van der Waals surface area contributed by atoms with Gasteiger partial charge in [0.2, 0.25) is 0 Å². The highest BCUT2D eigenvalue weighted by Crippen LogP contribution is 2.32. The lowest BCUT2D eigenvalue weighted by Crippen LogP contribution is -2.45. The SMILES string of the molecule is CC1CN(c2ccc(N3CNN=C3C(c3ccccc3)c3ccccc3)cc2)CC(C)O1. The molecule has 0 amide bonds. The summed E-state index contributed by atoms with van der Waals surface area (Å²) in [5, 5.41) is 4.74. The number of hydrogen-bond donors (Lipinski definition) is 1. The molecule has 3 aromatic carbocycles. The number of nitrogens with one attached hydrogen (secondary N) is 1. The van der Waals surface area contributed by atoms with Gasteiger partial charge in [0.05, 0.1) is 18.1 Å². The van der Waals surface area contributed by atoms with E-state index in [1.807, 2.05) is 0 Å². The van der Waals surface area contributed by atoms with Gasteiger partial charge < -0.3 is 14.5 Å². The van der Waals surface area contributed by atoms with Crippen LogP contribution in [0.25, 0.3) is 0 Å². The number of hydrogen-bond acceptors (Lipinski definition) is 5. The molecular formula is C27H30N4O. The van der Waals surface area contributed by atoms with E-state index in [-0.39, 0.29) is 18.1 Å². The van der Waals surface area contributed by atoms with E-state index in [1.54, 1.807) is 0 Å². The van der Waals surface area contributed by atoms with Crippen molar-refractivity contribution in [3.63, 3.8) is 0 Å². The lowest BCUT2D eigenvalue weighted by Gasteiger charge is -2.37. The number of morpholine rings is 1. The maximum atomic E-state index is 5.89. The molecule has 0 radical (unpaired) electrons. The minimum absolute atomic E-state index is 0.0630. The molecule has 1 fully saturated rings. The fraction of sp³-hybridized carbons (Fsp3) is 0.296. The lowest BCUT2D eigenvalue weighted by molar-refractivity contribution is -0.00521. The molecule has 2 aliphatic heterocycles. The molecule has 1 N–H and O–H groups in total. The van der Waals surface area contributed by atoms with E-state index in [2.05, 4.69) is 114 Å². The number of hydrazone groups is 1. The molecule has 0 saturated carbocycles. The third kappa shape index (κ3) is 4.21. The van der Waals surface area contributed by atoms with Crippen molar-refractivity contribution in [1.29, 1.82) is 0 Å². The van der Waals surface area contributed by atoms with Crippen molar-refractivity contribution in [2.75, 3.05) is 29.6 Å². The van der Waals surface area contributed by atoms with Gasteiger partial charge in [0.1, 0.15) is 12.5 Å². The Balaban J connectivity index is 1.43. The first-order valence-corrected chi connectivity index (χ1v) is 11.4. The second-order valence-electron chi connectivity index (χ2n) is 8.65. The van der Waals surface area contributed by atoms with Crippen LogP contribution in [-0.2, 0) is 4.74 Å². The zero-order chi connectivity index (χ0) is 21.9. The molecule has 0 aliphatic carbocycles. The first-order valence-electron chi connectivity index (χ1n) is 11.4. The summed E-state index contributed by atoms with van der Waals surface area (Å²) in [5.41, 5.74) is 8.07. The van der Waals surface area contributed by atoms with Gasteiger partial charge in [-0.15, -0.1) is 0 Å². The standard InChI is InChI=1S/C27H30N4O/c1-20-17-30(18-21(2)32-20)24-13-15-25(16-14-24)31-19-28-29-27(31)26(22-9-5-3-6-10-22)23-11-7-4-8-12-23/h3-16,20-21,26,28H,17-19H2,1-2H3. The molecule has 0 aromatic heterocycles. The van der Waals surface area contributed by atoms with Crippen LogP contribution in [0.5, 0.6) is 0 Å². The van der Waals surface area contributed by atoms with Crippen molar-refractivity contribution >= 4 is 17.2 Å². The van der Waals surface area contributed by atoms with Crippen LogP contribution in [0.3, 0.4) is 0 Å². The minimum atomic E-state index is 0.0630. The Kier molecular flexibility index (Phi) is 5.82. The molecule has 32 heavy (non-hydrogen) atoms. The first-order chi connectivity index (χ1) is 15.7. The Morgan fingerprint density at radius 2 is 1.31 bits per heavy atom. The maximum Gasteiger partial charge on any atom is 0.142 e. The topological polar surface area (TPSA) is 40.1 Å². The van der Waals surface area contributed by atoms with Crippen molar-refractivity contribution in [3.8, 4) is 0 Å². The summed E-state index contributed by atoms with van der Waals surface area (Å²) in [7, 11) is 0. The number of nitrogens with zero attached hydrogens (tertiary/aromatic N) is 3. The second kappa shape index (κ2) is 9.05. The third-order valence-corrected chi connectivity index (χ3v) is 6.17. The molecule has 5 nitrogen and oxygen atoms in total. The van der Waals surface area contributed by atoms with Crippen LogP contribution in [0.2, 0.25) is 0 Å². The van der Waals surface area contributed by atoms with Gasteiger partial charge in [-0.25, -0.2) is 0 Å². The minimum Gasteiger partial charge on any atom is -0.372 e. The van der Waals surface area contributed by atoms with Gasteiger partial charge in [0.25, 0.3) is 0 Å². The summed E-state index contributed by atoms with van der Waals surface area (Å²) in [6, 6.07) is 30.1. The lowest BCUT2D eigenvalue weighted by atomic mass is 9.89. The monoisotopic (exact) mass is 426 g/mol. The molecule has 2 atom stereocenters. The predicted octanol–water partition coefficient (Wildman–Crippen LogP) is 4.81. The van der Waals surface area contributed by atoms with Gasteiger partial charge in [0.15, 0.2) is 0 Å². The van der Waals surface area contributed by atoms with Crippen LogP contribution in [0.1, 0.15) is 30.9 Å². The average molecular weight is 427 g/mol. The highest BCUT2D eigenvalue weighted by Gasteiger charge is 2.30. The van der Waals surface area contributed by atoms with Crippen LogP contribution in [0, 0.1) is 0 Å². The number of benzene rings is 3. The van der Waals surface area contributed by atoms with E-state index in [4.69, 9.17) is 9.84 Å². The van der Waals surface area contributed by atoms with Gasteiger partial charge in [-0.3, -0.25) is 5.43 Å². The predicted molar refractivity (Wildman–Crippen MR) is 131 cm³/mol. The van der Waals surface area contributed by atoms with Crippen molar-refractivity contribution in [2.24, 2.45) is 5.10 Å². The number of amidine groups is 1. The highest BCUT2D eigenvalue weighted by molar-refractivity contribution is 6.05. The Morgan fingerprint density at radius 3 is 1.88 bits per heavy atom. The van der Waals surface area contributed by atoms with E-state index < -0.39 is 0 Å². The molecular weight excluding hydrogens is 396 g/mol. The molecule has 2 unspecified atom stereocenters. The van der Waals surface area contributed by atoms with Crippen LogP contribution in [0.4, 0.5) is 11.4 Å². The molecule has 3 aromatic rings. The Morgan fingerprint density at radius 1 is 0.781 bits per heavy atom. The average Bonchev–Trinajstić information content (AvgIpc) is 3.29. The summed E-state index contributed by atoms with van der Waals surface area (Å²) in [6.07, 6.45) is 0.495. The Hall–Kier alpha value is -3.31. The molecule has 5 rings (SSSR count). The molecule has 5 heteroatoms.